The summed E-state index contributed by atoms with van der Waals surface area (Å²) in [6, 6.07) is 8.11. The van der Waals surface area contributed by atoms with E-state index in [2.05, 4.69) is 49.5 Å². The van der Waals surface area contributed by atoms with Crippen molar-refractivity contribution in [3.05, 3.63) is 52.5 Å². The number of halogens is 1. The lowest BCUT2D eigenvalue weighted by molar-refractivity contribution is 0.548. The lowest BCUT2D eigenvalue weighted by Gasteiger charge is -2.11. The Balaban J connectivity index is 0.00000280. The van der Waals surface area contributed by atoms with Gasteiger partial charge in [-0.25, -0.2) is 4.99 Å². The lowest BCUT2D eigenvalue weighted by atomic mass is 10.1. The standard InChI is InChI=1S/C21H29N5O.HI/c1-6-22-21(23-12-11-18-15(3)25-26(5)16(18)4)24-13-20-14(2)17-9-7-8-10-19(17)27-20;/h7-10H,6,11-13H2,1-5H3,(H2,22,23,24);1H. The second-order valence-electron chi connectivity index (χ2n) is 6.79. The van der Waals surface area contributed by atoms with Gasteiger partial charge in [-0.3, -0.25) is 4.68 Å². The van der Waals surface area contributed by atoms with Crippen LogP contribution in [0.5, 0.6) is 0 Å². The maximum atomic E-state index is 5.96. The Morgan fingerprint density at radius 1 is 1.18 bits per heavy atom. The van der Waals surface area contributed by atoms with Gasteiger partial charge in [0.1, 0.15) is 17.9 Å². The van der Waals surface area contributed by atoms with Crippen molar-refractivity contribution < 1.29 is 4.42 Å². The Bertz CT molecular complexity index is 957. The normalized spacial score (nSPS) is 11.5. The first-order valence-corrected chi connectivity index (χ1v) is 9.49. The van der Waals surface area contributed by atoms with Gasteiger partial charge in [0.25, 0.3) is 0 Å². The van der Waals surface area contributed by atoms with Gasteiger partial charge in [-0.15, -0.1) is 24.0 Å². The van der Waals surface area contributed by atoms with Gasteiger partial charge in [0.15, 0.2) is 5.96 Å². The summed E-state index contributed by atoms with van der Waals surface area (Å²) in [5.41, 5.74) is 5.69. The van der Waals surface area contributed by atoms with Gasteiger partial charge < -0.3 is 15.1 Å². The highest BCUT2D eigenvalue weighted by atomic mass is 127. The molecule has 0 bridgehead atoms. The molecule has 3 aromatic rings. The Kier molecular flexibility index (Phi) is 7.91. The predicted molar refractivity (Wildman–Crippen MR) is 126 cm³/mol. The molecule has 0 aliphatic heterocycles. The minimum absolute atomic E-state index is 0. The highest BCUT2D eigenvalue weighted by Crippen LogP contribution is 2.25. The van der Waals surface area contributed by atoms with Crippen LogP contribution in [-0.4, -0.2) is 28.8 Å². The Labute approximate surface area is 183 Å². The van der Waals surface area contributed by atoms with E-state index in [0.717, 1.165) is 53.5 Å². The third-order valence-electron chi connectivity index (χ3n) is 4.99. The topological polar surface area (TPSA) is 67.4 Å². The van der Waals surface area contributed by atoms with Crippen molar-refractivity contribution in [2.75, 3.05) is 13.1 Å². The number of hydrogen-bond acceptors (Lipinski definition) is 3. The molecule has 0 aliphatic carbocycles. The number of guanidine groups is 1. The lowest BCUT2D eigenvalue weighted by Crippen LogP contribution is -2.38. The summed E-state index contributed by atoms with van der Waals surface area (Å²) in [5, 5.41) is 12.4. The van der Waals surface area contributed by atoms with Crippen molar-refractivity contribution in [3.63, 3.8) is 0 Å². The zero-order valence-electron chi connectivity index (χ0n) is 17.3. The average Bonchev–Trinajstić information content (AvgIpc) is 3.10. The third kappa shape index (κ3) is 4.87. The highest BCUT2D eigenvalue weighted by Gasteiger charge is 2.11. The second kappa shape index (κ2) is 9.95. The van der Waals surface area contributed by atoms with Gasteiger partial charge in [-0.2, -0.15) is 5.10 Å². The molecule has 0 aliphatic rings. The largest absolute Gasteiger partial charge is 0.459 e. The first-order chi connectivity index (χ1) is 13.0. The molecule has 0 saturated heterocycles. The zero-order chi connectivity index (χ0) is 19.4. The van der Waals surface area contributed by atoms with Gasteiger partial charge in [-0.1, -0.05) is 18.2 Å². The monoisotopic (exact) mass is 495 g/mol. The average molecular weight is 495 g/mol. The van der Waals surface area contributed by atoms with Crippen LogP contribution < -0.4 is 10.6 Å². The number of rotatable bonds is 6. The molecule has 0 unspecified atom stereocenters. The Morgan fingerprint density at radius 2 is 1.93 bits per heavy atom. The number of nitrogens with one attached hydrogen (secondary N) is 2. The molecule has 0 radical (unpaired) electrons. The summed E-state index contributed by atoms with van der Waals surface area (Å²) in [6.45, 7) is 10.5. The van der Waals surface area contributed by atoms with E-state index >= 15 is 0 Å². The molecular weight excluding hydrogens is 465 g/mol. The van der Waals surface area contributed by atoms with Crippen LogP contribution in [0.15, 0.2) is 33.7 Å². The summed E-state index contributed by atoms with van der Waals surface area (Å²) in [4.78, 5) is 4.70. The molecular formula is C21H30IN5O. The number of furan rings is 1. The van der Waals surface area contributed by atoms with E-state index in [-0.39, 0.29) is 24.0 Å². The second-order valence-corrected chi connectivity index (χ2v) is 6.79. The molecule has 0 amide bonds. The predicted octanol–water partition coefficient (Wildman–Crippen LogP) is 4.01. The number of aromatic nitrogens is 2. The van der Waals surface area contributed by atoms with Crippen LogP contribution in [0.2, 0.25) is 0 Å². The van der Waals surface area contributed by atoms with Gasteiger partial charge in [0.2, 0.25) is 0 Å². The summed E-state index contributed by atoms with van der Waals surface area (Å²) in [5.74, 6) is 1.71. The van der Waals surface area contributed by atoms with Crippen molar-refractivity contribution in [1.82, 2.24) is 20.4 Å². The van der Waals surface area contributed by atoms with Gasteiger partial charge in [0, 0.05) is 36.8 Å². The number of hydrogen-bond donors (Lipinski definition) is 2. The fourth-order valence-corrected chi connectivity index (χ4v) is 3.35. The van der Waals surface area contributed by atoms with E-state index in [1.54, 1.807) is 0 Å². The van der Waals surface area contributed by atoms with Crippen molar-refractivity contribution in [2.45, 2.75) is 40.7 Å². The SMILES string of the molecule is CCNC(=NCc1oc2ccccc2c1C)NCCc1c(C)nn(C)c1C.I. The minimum atomic E-state index is 0. The van der Waals surface area contributed by atoms with Crippen molar-refractivity contribution >= 4 is 40.9 Å². The van der Waals surface area contributed by atoms with Crippen molar-refractivity contribution in [2.24, 2.45) is 12.0 Å². The van der Waals surface area contributed by atoms with Gasteiger partial charge in [-0.05, 0) is 45.7 Å². The number of para-hydroxylation sites is 1. The van der Waals surface area contributed by atoms with E-state index in [4.69, 9.17) is 9.41 Å². The first-order valence-electron chi connectivity index (χ1n) is 9.49. The molecule has 2 aromatic heterocycles. The number of nitrogens with zero attached hydrogens (tertiary/aromatic N) is 3. The summed E-state index contributed by atoms with van der Waals surface area (Å²) >= 11 is 0. The van der Waals surface area contributed by atoms with E-state index in [9.17, 15) is 0 Å². The third-order valence-corrected chi connectivity index (χ3v) is 4.99. The van der Waals surface area contributed by atoms with E-state index in [1.165, 1.54) is 11.3 Å². The van der Waals surface area contributed by atoms with E-state index in [1.807, 2.05) is 29.9 Å². The molecule has 0 atom stereocenters. The number of aryl methyl sites for hydroxylation is 3. The highest BCUT2D eigenvalue weighted by molar-refractivity contribution is 14.0. The number of benzene rings is 1. The first kappa shape index (κ1) is 22.3. The molecule has 28 heavy (non-hydrogen) atoms. The van der Waals surface area contributed by atoms with Gasteiger partial charge in [0.05, 0.1) is 5.69 Å². The van der Waals surface area contributed by atoms with Crippen molar-refractivity contribution in [3.8, 4) is 0 Å². The van der Waals surface area contributed by atoms with Crippen LogP contribution in [0.3, 0.4) is 0 Å². The molecule has 2 heterocycles. The zero-order valence-corrected chi connectivity index (χ0v) is 19.6. The molecule has 7 heteroatoms. The smallest absolute Gasteiger partial charge is 0.191 e. The summed E-state index contributed by atoms with van der Waals surface area (Å²) in [6.07, 6.45) is 0.916. The fourth-order valence-electron chi connectivity index (χ4n) is 3.35. The summed E-state index contributed by atoms with van der Waals surface area (Å²) in [7, 11) is 1.99. The summed E-state index contributed by atoms with van der Waals surface area (Å²) < 4.78 is 7.90. The van der Waals surface area contributed by atoms with Crippen LogP contribution in [0.25, 0.3) is 11.0 Å². The molecule has 3 rings (SSSR count). The minimum Gasteiger partial charge on any atom is -0.459 e. The maximum absolute atomic E-state index is 5.96. The molecule has 0 saturated carbocycles. The molecule has 0 spiro atoms. The number of aliphatic imine (C=N–C) groups is 1. The maximum Gasteiger partial charge on any atom is 0.191 e. The Hall–Kier alpha value is -2.03. The van der Waals surface area contributed by atoms with Crippen LogP contribution in [0.4, 0.5) is 0 Å². The van der Waals surface area contributed by atoms with Crippen LogP contribution in [-0.2, 0) is 20.0 Å². The van der Waals surface area contributed by atoms with E-state index < -0.39 is 0 Å². The quantitative estimate of drug-likeness (QED) is 0.308. The molecule has 152 valence electrons. The molecule has 2 N–H and O–H groups in total. The number of fused-ring (bicyclic) bond motifs is 1. The van der Waals surface area contributed by atoms with E-state index in [0.29, 0.717) is 6.54 Å². The van der Waals surface area contributed by atoms with Crippen molar-refractivity contribution in [1.29, 1.82) is 0 Å². The van der Waals surface area contributed by atoms with Crippen LogP contribution in [0, 0.1) is 20.8 Å². The van der Waals surface area contributed by atoms with Crippen LogP contribution in [0.1, 0.15) is 35.2 Å². The van der Waals surface area contributed by atoms with Crippen LogP contribution >= 0.6 is 24.0 Å². The molecule has 1 aromatic carbocycles. The molecule has 6 nitrogen and oxygen atoms in total. The fraction of sp³-hybridized carbons (Fsp3) is 0.429. The molecule has 0 fully saturated rings. The van der Waals surface area contributed by atoms with Gasteiger partial charge >= 0.3 is 0 Å². The Morgan fingerprint density at radius 3 is 2.57 bits per heavy atom.